The first kappa shape index (κ1) is 19.6. The van der Waals surface area contributed by atoms with Gasteiger partial charge >= 0.3 is 5.69 Å². The summed E-state index contributed by atoms with van der Waals surface area (Å²) in [6.45, 7) is 1.95. The Bertz CT molecular complexity index is 1010. The fourth-order valence-corrected chi connectivity index (χ4v) is 3.19. The number of hydrazine groups is 1. The molecule has 0 atom stereocenters. The van der Waals surface area contributed by atoms with Crippen molar-refractivity contribution < 1.29 is 9.72 Å². The first-order valence-corrected chi connectivity index (χ1v) is 9.19. The predicted octanol–water partition coefficient (Wildman–Crippen LogP) is 4.25. The van der Waals surface area contributed by atoms with E-state index in [-0.39, 0.29) is 16.5 Å². The minimum Gasteiger partial charge on any atom is -0.276 e. The molecule has 0 saturated heterocycles. The Kier molecular flexibility index (Phi) is 6.07. The van der Waals surface area contributed by atoms with E-state index in [0.717, 1.165) is 22.2 Å². The smallest absolute Gasteiger partial charge is 0.276 e. The summed E-state index contributed by atoms with van der Waals surface area (Å²) < 4.78 is 0. The lowest BCUT2D eigenvalue weighted by atomic mass is 10.2. The number of carbonyl (C=O) groups excluding carboxylic acids is 1. The molecular formula is C18H14ClN5O3S. The third-order valence-corrected chi connectivity index (χ3v) is 4.86. The number of benzene rings is 2. The van der Waals surface area contributed by atoms with Crippen molar-refractivity contribution in [2.24, 2.45) is 0 Å². The fourth-order valence-electron chi connectivity index (χ4n) is 2.20. The molecule has 3 aromatic rings. The molecule has 10 heteroatoms. The van der Waals surface area contributed by atoms with Gasteiger partial charge in [0.15, 0.2) is 5.03 Å². The van der Waals surface area contributed by atoms with Gasteiger partial charge in [0.2, 0.25) is 5.82 Å². The van der Waals surface area contributed by atoms with Crippen LogP contribution in [0.3, 0.4) is 0 Å². The van der Waals surface area contributed by atoms with E-state index in [1.807, 2.05) is 31.2 Å². The number of aryl methyl sites for hydroxylation is 1. The van der Waals surface area contributed by atoms with E-state index in [1.165, 1.54) is 18.5 Å². The number of carbonyl (C=O) groups is 1. The van der Waals surface area contributed by atoms with Gasteiger partial charge in [-0.25, -0.2) is 9.97 Å². The Morgan fingerprint density at radius 2 is 1.79 bits per heavy atom. The number of nitro groups is 1. The van der Waals surface area contributed by atoms with Crippen LogP contribution in [0, 0.1) is 17.0 Å². The van der Waals surface area contributed by atoms with E-state index >= 15 is 0 Å². The standard InChI is InChI=1S/C18H14ClN5O3S/c1-11-2-8-14(9-3-11)28-18-15(24(26)27)16(20-10-21-18)22-23-17(25)12-4-6-13(19)7-5-12/h2-10H,1H3,(H,23,25)(H,20,21,22). The van der Waals surface area contributed by atoms with Crippen molar-refractivity contribution in [2.45, 2.75) is 16.8 Å². The van der Waals surface area contributed by atoms with Crippen LogP contribution in [0.4, 0.5) is 11.5 Å². The topological polar surface area (TPSA) is 110 Å². The monoisotopic (exact) mass is 415 g/mol. The molecular weight excluding hydrogens is 402 g/mol. The van der Waals surface area contributed by atoms with E-state index in [2.05, 4.69) is 20.8 Å². The molecule has 0 bridgehead atoms. The van der Waals surface area contributed by atoms with Crippen molar-refractivity contribution in [3.63, 3.8) is 0 Å². The number of nitrogens with zero attached hydrogens (tertiary/aromatic N) is 3. The number of aromatic nitrogens is 2. The first-order chi connectivity index (χ1) is 13.4. The number of rotatable bonds is 6. The minimum atomic E-state index is -0.590. The average molecular weight is 416 g/mol. The van der Waals surface area contributed by atoms with Crippen molar-refractivity contribution >= 4 is 40.8 Å². The second-order valence-corrected chi connectivity index (χ2v) is 7.13. The molecule has 0 aliphatic heterocycles. The molecule has 3 rings (SSSR count). The van der Waals surface area contributed by atoms with Crippen LogP contribution in [0.2, 0.25) is 5.02 Å². The van der Waals surface area contributed by atoms with Crippen LogP contribution >= 0.6 is 23.4 Å². The summed E-state index contributed by atoms with van der Waals surface area (Å²) in [5.41, 5.74) is 5.98. The van der Waals surface area contributed by atoms with Crippen LogP contribution in [0.5, 0.6) is 0 Å². The maximum atomic E-state index is 12.2. The molecule has 28 heavy (non-hydrogen) atoms. The van der Waals surface area contributed by atoms with Gasteiger partial charge in [-0.05, 0) is 43.3 Å². The molecule has 1 aromatic heterocycles. The van der Waals surface area contributed by atoms with Gasteiger partial charge in [0.05, 0.1) is 4.92 Å². The van der Waals surface area contributed by atoms with Crippen LogP contribution in [0.25, 0.3) is 0 Å². The highest BCUT2D eigenvalue weighted by Crippen LogP contribution is 2.36. The van der Waals surface area contributed by atoms with Crippen molar-refractivity contribution in [1.82, 2.24) is 15.4 Å². The number of amides is 1. The molecule has 1 heterocycles. The van der Waals surface area contributed by atoms with Crippen molar-refractivity contribution in [3.8, 4) is 0 Å². The lowest BCUT2D eigenvalue weighted by Crippen LogP contribution is -2.30. The number of halogens is 1. The molecule has 0 saturated carbocycles. The number of nitrogens with one attached hydrogen (secondary N) is 2. The number of hydrogen-bond acceptors (Lipinski definition) is 7. The fraction of sp³-hybridized carbons (Fsp3) is 0.0556. The van der Waals surface area contributed by atoms with Crippen LogP contribution in [-0.4, -0.2) is 20.8 Å². The van der Waals surface area contributed by atoms with Crippen molar-refractivity contribution in [2.75, 3.05) is 5.43 Å². The summed E-state index contributed by atoms with van der Waals surface area (Å²) in [4.78, 5) is 31.9. The summed E-state index contributed by atoms with van der Waals surface area (Å²) in [6.07, 6.45) is 1.19. The van der Waals surface area contributed by atoms with Gasteiger partial charge in [0.1, 0.15) is 6.33 Å². The zero-order chi connectivity index (χ0) is 20.1. The molecule has 0 radical (unpaired) electrons. The van der Waals surface area contributed by atoms with Gasteiger partial charge in [0.25, 0.3) is 5.91 Å². The van der Waals surface area contributed by atoms with Gasteiger partial charge in [-0.1, -0.05) is 41.1 Å². The van der Waals surface area contributed by atoms with Crippen molar-refractivity contribution in [1.29, 1.82) is 0 Å². The summed E-state index contributed by atoms with van der Waals surface area (Å²) in [5.74, 6) is -0.603. The van der Waals surface area contributed by atoms with E-state index in [9.17, 15) is 14.9 Å². The van der Waals surface area contributed by atoms with Crippen molar-refractivity contribution in [3.05, 3.63) is 81.1 Å². The predicted molar refractivity (Wildman–Crippen MR) is 107 cm³/mol. The Morgan fingerprint density at radius 3 is 2.43 bits per heavy atom. The van der Waals surface area contributed by atoms with Gasteiger partial charge in [-0.3, -0.25) is 25.8 Å². The summed E-state index contributed by atoms with van der Waals surface area (Å²) >= 11 is 6.93. The van der Waals surface area contributed by atoms with Gasteiger partial charge in [-0.15, -0.1) is 0 Å². The molecule has 0 aliphatic carbocycles. The molecule has 0 fully saturated rings. The molecule has 1 amide bonds. The third-order valence-electron chi connectivity index (χ3n) is 3.61. The maximum absolute atomic E-state index is 12.2. The van der Waals surface area contributed by atoms with E-state index in [1.54, 1.807) is 12.1 Å². The van der Waals surface area contributed by atoms with Crippen LogP contribution in [0.1, 0.15) is 15.9 Å². The molecule has 2 aromatic carbocycles. The Hall–Kier alpha value is -3.17. The maximum Gasteiger partial charge on any atom is 0.345 e. The summed E-state index contributed by atoms with van der Waals surface area (Å²) in [5, 5.41) is 12.2. The highest BCUT2D eigenvalue weighted by atomic mass is 35.5. The minimum absolute atomic E-state index is 0.114. The lowest BCUT2D eigenvalue weighted by Gasteiger charge is -2.10. The molecule has 2 N–H and O–H groups in total. The SMILES string of the molecule is Cc1ccc(Sc2ncnc(NNC(=O)c3ccc(Cl)cc3)c2[N+](=O)[O-])cc1. The second kappa shape index (κ2) is 8.68. The van der Waals surface area contributed by atoms with Crippen LogP contribution in [-0.2, 0) is 0 Å². The van der Waals surface area contributed by atoms with Crippen LogP contribution < -0.4 is 10.9 Å². The highest BCUT2D eigenvalue weighted by molar-refractivity contribution is 7.99. The average Bonchev–Trinajstić information content (AvgIpc) is 2.68. The number of hydrogen-bond donors (Lipinski definition) is 2. The highest BCUT2D eigenvalue weighted by Gasteiger charge is 2.24. The first-order valence-electron chi connectivity index (χ1n) is 8.00. The zero-order valence-corrected chi connectivity index (χ0v) is 16.1. The van der Waals surface area contributed by atoms with Gasteiger partial charge in [-0.2, -0.15) is 0 Å². The Balaban J connectivity index is 1.80. The summed E-state index contributed by atoms with van der Waals surface area (Å²) in [6, 6.07) is 13.7. The van der Waals surface area contributed by atoms with Gasteiger partial charge < -0.3 is 0 Å². The third kappa shape index (κ3) is 4.76. The second-order valence-electron chi connectivity index (χ2n) is 5.63. The van der Waals surface area contributed by atoms with Gasteiger partial charge in [0, 0.05) is 15.5 Å². The molecule has 142 valence electrons. The molecule has 0 aliphatic rings. The Morgan fingerprint density at radius 1 is 1.11 bits per heavy atom. The quantitative estimate of drug-likeness (QED) is 0.351. The summed E-state index contributed by atoms with van der Waals surface area (Å²) in [7, 11) is 0. The zero-order valence-electron chi connectivity index (χ0n) is 14.5. The molecule has 0 spiro atoms. The normalized spacial score (nSPS) is 10.4. The lowest BCUT2D eigenvalue weighted by molar-refractivity contribution is -0.387. The van der Waals surface area contributed by atoms with E-state index < -0.39 is 10.8 Å². The van der Waals surface area contributed by atoms with E-state index in [0.29, 0.717) is 10.6 Å². The largest absolute Gasteiger partial charge is 0.345 e. The molecule has 0 unspecified atom stereocenters. The number of anilines is 1. The molecule has 8 nitrogen and oxygen atoms in total. The van der Waals surface area contributed by atoms with E-state index in [4.69, 9.17) is 11.6 Å². The van der Waals surface area contributed by atoms with Crippen LogP contribution in [0.15, 0.2) is 64.8 Å². The Labute approximate surface area is 169 Å².